The van der Waals surface area contributed by atoms with Gasteiger partial charge in [-0.15, -0.1) is 11.3 Å². The number of piperidine rings is 1. The topological polar surface area (TPSA) is 100 Å². The molecule has 0 saturated carbocycles. The van der Waals surface area contributed by atoms with Gasteiger partial charge in [0, 0.05) is 19.1 Å². The molecule has 164 valence electrons. The van der Waals surface area contributed by atoms with Gasteiger partial charge in [-0.1, -0.05) is 12.1 Å². The van der Waals surface area contributed by atoms with E-state index < -0.39 is 0 Å². The third-order valence-corrected chi connectivity index (χ3v) is 6.98. The molecular weight excluding hydrogens is 428 g/mol. The lowest BCUT2D eigenvalue weighted by Gasteiger charge is -2.32. The van der Waals surface area contributed by atoms with Gasteiger partial charge < -0.3 is 19.6 Å². The zero-order valence-corrected chi connectivity index (χ0v) is 18.3. The van der Waals surface area contributed by atoms with Crippen molar-refractivity contribution in [3.63, 3.8) is 0 Å². The summed E-state index contributed by atoms with van der Waals surface area (Å²) in [5.74, 6) is -0.172. The van der Waals surface area contributed by atoms with Crippen LogP contribution in [0.2, 0.25) is 0 Å². The van der Waals surface area contributed by atoms with Gasteiger partial charge in [-0.2, -0.15) is 0 Å². The number of aromatic amines is 1. The number of benzene rings is 1. The van der Waals surface area contributed by atoms with Crippen molar-refractivity contribution in [1.29, 1.82) is 0 Å². The Bertz CT molecular complexity index is 1340. The number of nitrogens with one attached hydrogen (secondary N) is 2. The number of amides is 2. The lowest BCUT2D eigenvalue weighted by atomic mass is 10.0. The van der Waals surface area contributed by atoms with Crippen molar-refractivity contribution in [3.05, 3.63) is 75.4 Å². The van der Waals surface area contributed by atoms with Crippen molar-refractivity contribution in [2.45, 2.75) is 25.8 Å². The van der Waals surface area contributed by atoms with E-state index in [1.807, 2.05) is 40.7 Å². The van der Waals surface area contributed by atoms with Crippen LogP contribution in [0.15, 0.2) is 57.9 Å². The number of rotatable bonds is 4. The molecule has 0 radical (unpaired) electrons. The second kappa shape index (κ2) is 8.16. The van der Waals surface area contributed by atoms with Crippen molar-refractivity contribution < 1.29 is 14.0 Å². The Labute approximate surface area is 187 Å². The number of aromatic nitrogens is 2. The fraction of sp³-hybridized carbons (Fsp3) is 0.261. The lowest BCUT2D eigenvalue weighted by Crippen LogP contribution is -2.40. The van der Waals surface area contributed by atoms with Crippen LogP contribution < -0.4 is 11.0 Å². The number of fused-ring (bicyclic) bond motifs is 1. The van der Waals surface area contributed by atoms with E-state index in [4.69, 9.17) is 4.42 Å². The highest BCUT2D eigenvalue weighted by Gasteiger charge is 2.28. The van der Waals surface area contributed by atoms with Crippen LogP contribution in [0.5, 0.6) is 0 Å². The summed E-state index contributed by atoms with van der Waals surface area (Å²) in [6.07, 6.45) is 2.86. The molecule has 2 amide bonds. The molecule has 4 heterocycles. The fourth-order valence-electron chi connectivity index (χ4n) is 4.24. The molecule has 32 heavy (non-hydrogen) atoms. The minimum Gasteiger partial charge on any atom is -0.459 e. The number of carbonyl (C=O) groups is 2. The molecule has 9 heteroatoms. The average molecular weight is 451 g/mol. The first kappa shape index (κ1) is 20.3. The number of furan rings is 1. The maximum Gasteiger partial charge on any atom is 0.326 e. The molecular formula is C23H22N4O4S. The van der Waals surface area contributed by atoms with Gasteiger partial charge in [0.2, 0.25) is 0 Å². The largest absolute Gasteiger partial charge is 0.459 e. The van der Waals surface area contributed by atoms with Gasteiger partial charge in [0.05, 0.1) is 27.2 Å². The third-order valence-electron chi connectivity index (χ3n) is 5.83. The molecule has 8 nitrogen and oxygen atoms in total. The van der Waals surface area contributed by atoms with E-state index >= 15 is 0 Å². The average Bonchev–Trinajstić information content (AvgIpc) is 3.52. The van der Waals surface area contributed by atoms with E-state index in [2.05, 4.69) is 10.3 Å². The number of aryl methyl sites for hydroxylation is 1. The van der Waals surface area contributed by atoms with Crippen LogP contribution in [0.25, 0.3) is 11.0 Å². The van der Waals surface area contributed by atoms with Crippen molar-refractivity contribution in [2.75, 3.05) is 18.4 Å². The molecule has 0 unspecified atom stereocenters. The van der Waals surface area contributed by atoms with Crippen LogP contribution in [-0.2, 0) is 0 Å². The summed E-state index contributed by atoms with van der Waals surface area (Å²) < 4.78 is 6.93. The van der Waals surface area contributed by atoms with Gasteiger partial charge in [-0.05, 0) is 55.7 Å². The first-order valence-corrected chi connectivity index (χ1v) is 11.3. The van der Waals surface area contributed by atoms with Gasteiger partial charge in [-0.3, -0.25) is 14.2 Å². The standard InChI is InChI=1S/C23H22N4O4S/c1-14-13-19(25-21(28)18-7-4-12-31-18)32-20(14)22(29)26-10-8-15(9-11-26)27-17-6-3-2-5-16(17)24-23(27)30/h2-7,12-13,15H,8-11H2,1H3,(H,24,30)(H,25,28). The maximum atomic E-state index is 13.2. The number of para-hydroxylation sites is 2. The number of thiophene rings is 1. The molecule has 4 aromatic rings. The minimum atomic E-state index is -0.347. The highest BCUT2D eigenvalue weighted by Crippen LogP contribution is 2.31. The van der Waals surface area contributed by atoms with Crippen LogP contribution in [0, 0.1) is 6.92 Å². The van der Waals surface area contributed by atoms with Crippen LogP contribution >= 0.6 is 11.3 Å². The van der Waals surface area contributed by atoms with E-state index in [-0.39, 0.29) is 29.3 Å². The maximum absolute atomic E-state index is 13.2. The molecule has 5 rings (SSSR count). The Hall–Kier alpha value is -3.59. The predicted molar refractivity (Wildman–Crippen MR) is 122 cm³/mol. The second-order valence-corrected chi connectivity index (χ2v) is 8.95. The van der Waals surface area contributed by atoms with Crippen molar-refractivity contribution in [2.24, 2.45) is 0 Å². The summed E-state index contributed by atoms with van der Waals surface area (Å²) >= 11 is 1.26. The number of hydrogen-bond donors (Lipinski definition) is 2. The Kier molecular flexibility index (Phi) is 5.18. The summed E-state index contributed by atoms with van der Waals surface area (Å²) in [7, 11) is 0. The lowest BCUT2D eigenvalue weighted by molar-refractivity contribution is 0.0699. The molecule has 1 aromatic carbocycles. The zero-order chi connectivity index (χ0) is 22.2. The van der Waals surface area contributed by atoms with Gasteiger partial charge >= 0.3 is 5.69 Å². The summed E-state index contributed by atoms with van der Waals surface area (Å²) in [6, 6.07) is 12.8. The molecule has 1 saturated heterocycles. The van der Waals surface area contributed by atoms with Gasteiger partial charge in [-0.25, -0.2) is 4.79 Å². The Morgan fingerprint density at radius 1 is 1.16 bits per heavy atom. The van der Waals surface area contributed by atoms with Crippen LogP contribution in [0.3, 0.4) is 0 Å². The van der Waals surface area contributed by atoms with E-state index in [1.54, 1.807) is 18.2 Å². The summed E-state index contributed by atoms with van der Waals surface area (Å²) in [5, 5.41) is 3.39. The van der Waals surface area contributed by atoms with E-state index in [1.165, 1.54) is 17.6 Å². The number of likely N-dealkylation sites (tertiary alicyclic amines) is 1. The van der Waals surface area contributed by atoms with Gasteiger partial charge in [0.25, 0.3) is 11.8 Å². The van der Waals surface area contributed by atoms with Crippen molar-refractivity contribution in [3.8, 4) is 0 Å². The van der Waals surface area contributed by atoms with Crippen LogP contribution in [0.1, 0.15) is 44.7 Å². The van der Waals surface area contributed by atoms with Crippen LogP contribution in [-0.4, -0.2) is 39.4 Å². The molecule has 1 aliphatic rings. The highest BCUT2D eigenvalue weighted by atomic mass is 32.1. The number of anilines is 1. The number of hydrogen-bond acceptors (Lipinski definition) is 5. The van der Waals surface area contributed by atoms with Crippen LogP contribution in [0.4, 0.5) is 5.00 Å². The monoisotopic (exact) mass is 450 g/mol. The minimum absolute atomic E-state index is 0.0456. The Morgan fingerprint density at radius 2 is 1.94 bits per heavy atom. The molecule has 0 aliphatic carbocycles. The molecule has 1 fully saturated rings. The number of carbonyl (C=O) groups excluding carboxylic acids is 2. The first-order chi connectivity index (χ1) is 15.5. The van der Waals surface area contributed by atoms with Crippen molar-refractivity contribution in [1.82, 2.24) is 14.5 Å². The summed E-state index contributed by atoms with van der Waals surface area (Å²) in [4.78, 5) is 43.2. The quantitative estimate of drug-likeness (QED) is 0.490. The van der Waals surface area contributed by atoms with E-state index in [0.29, 0.717) is 35.8 Å². The Morgan fingerprint density at radius 3 is 2.69 bits per heavy atom. The summed E-state index contributed by atoms with van der Waals surface area (Å²) in [5.41, 5.74) is 2.44. The highest BCUT2D eigenvalue weighted by molar-refractivity contribution is 7.18. The molecule has 2 N–H and O–H groups in total. The molecule has 0 spiro atoms. The molecule has 0 atom stereocenters. The normalized spacial score (nSPS) is 14.7. The van der Waals surface area contributed by atoms with E-state index in [9.17, 15) is 14.4 Å². The van der Waals surface area contributed by atoms with E-state index in [0.717, 1.165) is 16.6 Å². The number of imidazole rings is 1. The first-order valence-electron chi connectivity index (χ1n) is 10.4. The second-order valence-electron chi connectivity index (χ2n) is 7.89. The number of H-pyrrole nitrogens is 1. The fourth-order valence-corrected chi connectivity index (χ4v) is 5.28. The smallest absolute Gasteiger partial charge is 0.326 e. The molecule has 1 aliphatic heterocycles. The third kappa shape index (κ3) is 3.64. The molecule has 3 aromatic heterocycles. The summed E-state index contributed by atoms with van der Waals surface area (Å²) in [6.45, 7) is 3.01. The van der Waals surface area contributed by atoms with Gasteiger partial charge in [0.1, 0.15) is 0 Å². The number of nitrogens with zero attached hydrogens (tertiary/aromatic N) is 2. The molecule has 0 bridgehead atoms. The Balaban J connectivity index is 1.27. The van der Waals surface area contributed by atoms with Crippen molar-refractivity contribution >= 4 is 39.2 Å². The van der Waals surface area contributed by atoms with Gasteiger partial charge in [0.15, 0.2) is 5.76 Å². The zero-order valence-electron chi connectivity index (χ0n) is 17.5. The SMILES string of the molecule is Cc1cc(NC(=O)c2ccco2)sc1C(=O)N1CCC(n2c(=O)[nH]c3ccccc32)CC1. The predicted octanol–water partition coefficient (Wildman–Crippen LogP) is 4.02.